The largest absolute Gasteiger partial charge is 0.466 e. The first kappa shape index (κ1) is 24.2. The van der Waals surface area contributed by atoms with Crippen LogP contribution in [0.4, 0.5) is 4.79 Å². The molecular weight excluding hydrogens is 362 g/mol. The molecule has 162 valence electrons. The van der Waals surface area contributed by atoms with Gasteiger partial charge in [0.05, 0.1) is 12.5 Å². The smallest absolute Gasteiger partial charge is 0.410 e. The summed E-state index contributed by atoms with van der Waals surface area (Å²) in [7, 11) is 0. The van der Waals surface area contributed by atoms with Gasteiger partial charge in [-0.15, -0.1) is 0 Å². The Balaban J connectivity index is 2.61. The Labute approximate surface area is 168 Å². The standard InChI is InChI=1S/C20H37N3O5/c1-6-8-11-21-13-15(18(25)27-7-2)14-22-17(24)16-10-9-12-23(16)19(26)28-20(3,4)5/h15-16,21H,6-14H2,1-5H3,(H,22,24)/t15-,16-/m0/s1. The number of nitrogens with one attached hydrogen (secondary N) is 2. The summed E-state index contributed by atoms with van der Waals surface area (Å²) in [6.07, 6.45) is 2.94. The van der Waals surface area contributed by atoms with E-state index in [1.807, 2.05) is 0 Å². The Bertz CT molecular complexity index is 518. The molecule has 2 N–H and O–H groups in total. The Kier molecular flexibility index (Phi) is 10.3. The van der Waals surface area contributed by atoms with Gasteiger partial charge in [0, 0.05) is 19.6 Å². The lowest BCUT2D eigenvalue weighted by molar-refractivity contribution is -0.147. The maximum Gasteiger partial charge on any atom is 0.410 e. The molecule has 0 aromatic heterocycles. The normalized spacial score (nSPS) is 17.9. The molecule has 0 saturated carbocycles. The van der Waals surface area contributed by atoms with Crippen LogP contribution in [-0.4, -0.2) is 67.3 Å². The molecule has 0 aromatic carbocycles. The molecule has 0 spiro atoms. The summed E-state index contributed by atoms with van der Waals surface area (Å²) in [5.74, 6) is -1.05. The van der Waals surface area contributed by atoms with Crippen molar-refractivity contribution in [3.8, 4) is 0 Å². The Morgan fingerprint density at radius 3 is 2.50 bits per heavy atom. The third kappa shape index (κ3) is 8.46. The highest BCUT2D eigenvalue weighted by molar-refractivity contribution is 5.86. The van der Waals surface area contributed by atoms with E-state index < -0.39 is 23.7 Å². The van der Waals surface area contributed by atoms with E-state index in [0.29, 0.717) is 26.1 Å². The average molecular weight is 400 g/mol. The van der Waals surface area contributed by atoms with Crippen molar-refractivity contribution in [2.45, 2.75) is 71.9 Å². The second-order valence-corrected chi connectivity index (χ2v) is 8.08. The number of hydrogen-bond donors (Lipinski definition) is 2. The van der Waals surface area contributed by atoms with E-state index >= 15 is 0 Å². The molecule has 2 atom stereocenters. The molecule has 2 amide bonds. The van der Waals surface area contributed by atoms with E-state index in [4.69, 9.17) is 9.47 Å². The molecule has 8 nitrogen and oxygen atoms in total. The molecule has 1 fully saturated rings. The third-order valence-corrected chi connectivity index (χ3v) is 4.42. The minimum Gasteiger partial charge on any atom is -0.466 e. The van der Waals surface area contributed by atoms with Gasteiger partial charge in [-0.05, 0) is 53.5 Å². The molecule has 1 aliphatic heterocycles. The number of rotatable bonds is 10. The van der Waals surface area contributed by atoms with Crippen LogP contribution in [0, 0.1) is 5.92 Å². The molecule has 0 bridgehead atoms. The second-order valence-electron chi connectivity index (χ2n) is 8.08. The Morgan fingerprint density at radius 2 is 1.89 bits per heavy atom. The number of nitrogens with zero attached hydrogens (tertiary/aromatic N) is 1. The van der Waals surface area contributed by atoms with Crippen LogP contribution in [0.2, 0.25) is 0 Å². The van der Waals surface area contributed by atoms with E-state index in [2.05, 4.69) is 17.6 Å². The monoisotopic (exact) mass is 399 g/mol. The van der Waals surface area contributed by atoms with Crippen LogP contribution in [0.5, 0.6) is 0 Å². The van der Waals surface area contributed by atoms with Crippen molar-refractivity contribution in [2.75, 3.05) is 32.8 Å². The molecule has 1 heterocycles. The van der Waals surface area contributed by atoms with Gasteiger partial charge in [0.1, 0.15) is 11.6 Å². The predicted octanol–water partition coefficient (Wildman–Crippen LogP) is 2.07. The SMILES string of the molecule is CCCCNC[C@@H](CNC(=O)[C@@H]1CCCN1C(=O)OC(C)(C)C)C(=O)OCC. The van der Waals surface area contributed by atoms with Crippen LogP contribution in [0.25, 0.3) is 0 Å². The van der Waals surface area contributed by atoms with Gasteiger partial charge in [-0.3, -0.25) is 14.5 Å². The van der Waals surface area contributed by atoms with Gasteiger partial charge in [0.25, 0.3) is 0 Å². The summed E-state index contributed by atoms with van der Waals surface area (Å²) in [5, 5.41) is 6.06. The molecule has 1 aliphatic rings. The third-order valence-electron chi connectivity index (χ3n) is 4.42. The Morgan fingerprint density at radius 1 is 1.18 bits per heavy atom. The first-order valence-corrected chi connectivity index (χ1v) is 10.3. The van der Waals surface area contributed by atoms with E-state index in [1.165, 1.54) is 4.90 Å². The zero-order valence-corrected chi connectivity index (χ0v) is 18.0. The van der Waals surface area contributed by atoms with Crippen molar-refractivity contribution in [3.63, 3.8) is 0 Å². The zero-order chi connectivity index (χ0) is 21.2. The fourth-order valence-electron chi connectivity index (χ4n) is 3.00. The number of carbonyl (C=O) groups is 3. The van der Waals surface area contributed by atoms with E-state index in [0.717, 1.165) is 25.8 Å². The van der Waals surface area contributed by atoms with Gasteiger partial charge in [-0.1, -0.05) is 13.3 Å². The lowest BCUT2D eigenvalue weighted by Gasteiger charge is -2.28. The van der Waals surface area contributed by atoms with Crippen molar-refractivity contribution < 1.29 is 23.9 Å². The number of amides is 2. The van der Waals surface area contributed by atoms with E-state index in [-0.39, 0.29) is 18.4 Å². The van der Waals surface area contributed by atoms with E-state index in [1.54, 1.807) is 27.7 Å². The van der Waals surface area contributed by atoms with Gasteiger partial charge >= 0.3 is 12.1 Å². The summed E-state index contributed by atoms with van der Waals surface area (Å²) >= 11 is 0. The summed E-state index contributed by atoms with van der Waals surface area (Å²) in [6.45, 7) is 11.5. The first-order chi connectivity index (χ1) is 13.2. The molecule has 28 heavy (non-hydrogen) atoms. The van der Waals surface area contributed by atoms with E-state index in [9.17, 15) is 14.4 Å². The number of unbranched alkanes of at least 4 members (excludes halogenated alkanes) is 1. The number of likely N-dealkylation sites (tertiary alicyclic amines) is 1. The van der Waals surface area contributed by atoms with Crippen molar-refractivity contribution in [3.05, 3.63) is 0 Å². The van der Waals surface area contributed by atoms with Crippen LogP contribution in [0.1, 0.15) is 60.3 Å². The van der Waals surface area contributed by atoms with Crippen LogP contribution in [0.15, 0.2) is 0 Å². The molecule has 0 radical (unpaired) electrons. The number of esters is 1. The maximum absolute atomic E-state index is 12.7. The second kappa shape index (κ2) is 11.9. The summed E-state index contributed by atoms with van der Waals surface area (Å²) < 4.78 is 10.5. The highest BCUT2D eigenvalue weighted by atomic mass is 16.6. The highest BCUT2D eigenvalue weighted by Crippen LogP contribution is 2.21. The molecule has 0 aliphatic carbocycles. The first-order valence-electron chi connectivity index (χ1n) is 10.3. The van der Waals surface area contributed by atoms with Gasteiger partial charge in [0.2, 0.25) is 5.91 Å². The number of ether oxygens (including phenoxy) is 2. The summed E-state index contributed by atoms with van der Waals surface area (Å²) in [4.78, 5) is 38.6. The molecule has 0 unspecified atom stereocenters. The van der Waals surface area contributed by atoms with Crippen molar-refractivity contribution in [2.24, 2.45) is 5.92 Å². The molecule has 1 saturated heterocycles. The summed E-state index contributed by atoms with van der Waals surface area (Å²) in [5.41, 5.74) is -0.611. The van der Waals surface area contributed by atoms with Gasteiger partial charge in [-0.25, -0.2) is 4.79 Å². The lowest BCUT2D eigenvalue weighted by atomic mass is 10.1. The topological polar surface area (TPSA) is 97.0 Å². The zero-order valence-electron chi connectivity index (χ0n) is 18.0. The van der Waals surface area contributed by atoms with Gasteiger partial charge in [0.15, 0.2) is 0 Å². The van der Waals surface area contributed by atoms with Crippen LogP contribution >= 0.6 is 0 Å². The minimum atomic E-state index is -0.611. The Hall–Kier alpha value is -1.83. The number of carbonyl (C=O) groups excluding carboxylic acids is 3. The fourth-order valence-corrected chi connectivity index (χ4v) is 3.00. The molecule has 0 aromatic rings. The minimum absolute atomic E-state index is 0.176. The fraction of sp³-hybridized carbons (Fsp3) is 0.850. The number of hydrogen-bond acceptors (Lipinski definition) is 6. The quantitative estimate of drug-likeness (QED) is 0.431. The van der Waals surface area contributed by atoms with Crippen molar-refractivity contribution >= 4 is 18.0 Å². The average Bonchev–Trinajstić information content (AvgIpc) is 3.09. The van der Waals surface area contributed by atoms with Crippen molar-refractivity contribution in [1.82, 2.24) is 15.5 Å². The molecular formula is C20H37N3O5. The molecule has 8 heteroatoms. The van der Waals surface area contributed by atoms with Gasteiger partial charge in [-0.2, -0.15) is 0 Å². The van der Waals surface area contributed by atoms with Crippen LogP contribution < -0.4 is 10.6 Å². The highest BCUT2D eigenvalue weighted by Gasteiger charge is 2.37. The van der Waals surface area contributed by atoms with Crippen molar-refractivity contribution in [1.29, 1.82) is 0 Å². The van der Waals surface area contributed by atoms with Crippen LogP contribution in [-0.2, 0) is 19.1 Å². The van der Waals surface area contributed by atoms with Crippen LogP contribution in [0.3, 0.4) is 0 Å². The lowest BCUT2D eigenvalue weighted by Crippen LogP contribution is -2.49. The summed E-state index contributed by atoms with van der Waals surface area (Å²) in [6, 6.07) is -0.564. The maximum atomic E-state index is 12.7. The molecule has 1 rings (SSSR count). The van der Waals surface area contributed by atoms with Gasteiger partial charge < -0.3 is 20.1 Å². The predicted molar refractivity (Wildman–Crippen MR) is 107 cm³/mol.